The highest BCUT2D eigenvalue weighted by Crippen LogP contribution is 2.11. The topological polar surface area (TPSA) is 49.4 Å². The van der Waals surface area contributed by atoms with Crippen molar-refractivity contribution < 1.29 is 9.59 Å². The molecule has 1 rings (SSSR count). The monoisotopic (exact) mass is 188 g/mol. The van der Waals surface area contributed by atoms with E-state index in [4.69, 9.17) is 0 Å². The molecular weight excluding hydrogens is 176 g/mol. The first-order chi connectivity index (χ1) is 5.75. The zero-order chi connectivity index (χ0) is 8.97. The summed E-state index contributed by atoms with van der Waals surface area (Å²) in [5, 5.41) is 2.90. The molecule has 2 amide bonds. The Balaban J connectivity index is 2.45. The highest BCUT2D eigenvalue weighted by Gasteiger charge is 2.25. The van der Waals surface area contributed by atoms with Crippen molar-refractivity contribution in [2.24, 2.45) is 0 Å². The Hall–Kier alpha value is -0.550. The van der Waals surface area contributed by atoms with Crippen molar-refractivity contribution in [2.45, 2.75) is 0 Å². The lowest BCUT2D eigenvalue weighted by Gasteiger charge is -2.24. The minimum Gasteiger partial charge on any atom is -0.318 e. The molecule has 1 fully saturated rings. The number of likely N-dealkylation sites (N-methyl/N-ethyl adjacent to an activating group) is 1. The predicted octanol–water partition coefficient (Wildman–Crippen LogP) is -0.692. The first-order valence-electron chi connectivity index (χ1n) is 3.81. The molecule has 1 aliphatic rings. The number of carbonyl (C=O) groups excluding carboxylic acids is 2. The van der Waals surface area contributed by atoms with Crippen LogP contribution in [0.4, 0.5) is 0 Å². The van der Waals surface area contributed by atoms with Crippen molar-refractivity contribution in [1.29, 1.82) is 0 Å². The molecule has 0 spiro atoms. The van der Waals surface area contributed by atoms with Gasteiger partial charge in [-0.1, -0.05) is 0 Å². The standard InChI is InChI=1S/C7H12N2O2S/c1-8-2-3-9-6(10)4-12-5-7(9)11/h8H,2-5H2,1H3. The van der Waals surface area contributed by atoms with Crippen LogP contribution >= 0.6 is 11.8 Å². The van der Waals surface area contributed by atoms with E-state index in [9.17, 15) is 9.59 Å². The van der Waals surface area contributed by atoms with Gasteiger partial charge in [0.2, 0.25) is 11.8 Å². The summed E-state index contributed by atoms with van der Waals surface area (Å²) in [6.45, 7) is 1.16. The van der Waals surface area contributed by atoms with Crippen LogP contribution in [-0.4, -0.2) is 48.4 Å². The maximum absolute atomic E-state index is 11.2. The molecule has 0 aliphatic carbocycles. The molecular formula is C7H12N2O2S. The smallest absolute Gasteiger partial charge is 0.239 e. The molecule has 1 N–H and O–H groups in total. The van der Waals surface area contributed by atoms with Crippen LogP contribution in [0, 0.1) is 0 Å². The van der Waals surface area contributed by atoms with E-state index in [0.29, 0.717) is 24.6 Å². The number of nitrogens with zero attached hydrogens (tertiary/aromatic N) is 1. The van der Waals surface area contributed by atoms with E-state index in [1.807, 2.05) is 0 Å². The highest BCUT2D eigenvalue weighted by molar-refractivity contribution is 8.00. The van der Waals surface area contributed by atoms with Crippen molar-refractivity contribution in [3.63, 3.8) is 0 Å². The second kappa shape index (κ2) is 4.47. The molecule has 1 heterocycles. The normalized spacial score (nSPS) is 18.6. The first-order valence-corrected chi connectivity index (χ1v) is 4.96. The molecule has 4 nitrogen and oxygen atoms in total. The molecule has 0 aromatic rings. The molecule has 0 radical (unpaired) electrons. The van der Waals surface area contributed by atoms with Gasteiger partial charge in [-0.3, -0.25) is 14.5 Å². The fraction of sp³-hybridized carbons (Fsp3) is 0.714. The SMILES string of the molecule is CNCCN1C(=O)CSCC1=O. The quantitative estimate of drug-likeness (QED) is 0.595. The average Bonchev–Trinajstić information content (AvgIpc) is 2.04. The fourth-order valence-corrected chi connectivity index (χ4v) is 1.76. The molecule has 0 aromatic heterocycles. The molecule has 1 saturated heterocycles. The van der Waals surface area contributed by atoms with Gasteiger partial charge in [0.25, 0.3) is 0 Å². The third-order valence-corrected chi connectivity index (χ3v) is 2.54. The molecule has 0 unspecified atom stereocenters. The number of rotatable bonds is 3. The molecule has 68 valence electrons. The van der Waals surface area contributed by atoms with Crippen LogP contribution in [0.3, 0.4) is 0 Å². The van der Waals surface area contributed by atoms with Crippen LogP contribution in [0.2, 0.25) is 0 Å². The summed E-state index contributed by atoms with van der Waals surface area (Å²) in [4.78, 5) is 23.7. The Morgan fingerprint density at radius 2 is 2.00 bits per heavy atom. The van der Waals surface area contributed by atoms with Crippen molar-refractivity contribution in [3.8, 4) is 0 Å². The van der Waals surface area contributed by atoms with Gasteiger partial charge in [-0.05, 0) is 7.05 Å². The molecule has 0 atom stereocenters. The van der Waals surface area contributed by atoms with Crippen LogP contribution in [0.25, 0.3) is 0 Å². The average molecular weight is 188 g/mol. The Labute approximate surface area is 75.7 Å². The minimum absolute atomic E-state index is 0.0634. The van der Waals surface area contributed by atoms with Crippen molar-refractivity contribution in [2.75, 3.05) is 31.6 Å². The number of thioether (sulfide) groups is 1. The van der Waals surface area contributed by atoms with Gasteiger partial charge in [0.15, 0.2) is 0 Å². The van der Waals surface area contributed by atoms with Gasteiger partial charge in [0, 0.05) is 13.1 Å². The van der Waals surface area contributed by atoms with E-state index >= 15 is 0 Å². The summed E-state index contributed by atoms with van der Waals surface area (Å²) >= 11 is 1.39. The van der Waals surface area contributed by atoms with Crippen molar-refractivity contribution in [3.05, 3.63) is 0 Å². The van der Waals surface area contributed by atoms with E-state index in [0.717, 1.165) is 0 Å². The molecule has 5 heteroatoms. The third-order valence-electron chi connectivity index (χ3n) is 1.64. The number of nitrogens with one attached hydrogen (secondary N) is 1. The summed E-state index contributed by atoms with van der Waals surface area (Å²) in [5.41, 5.74) is 0. The first kappa shape index (κ1) is 9.54. The number of carbonyl (C=O) groups is 2. The minimum atomic E-state index is -0.0634. The van der Waals surface area contributed by atoms with E-state index in [2.05, 4.69) is 5.32 Å². The van der Waals surface area contributed by atoms with Gasteiger partial charge in [-0.15, -0.1) is 11.8 Å². The van der Waals surface area contributed by atoms with E-state index < -0.39 is 0 Å². The molecule has 0 bridgehead atoms. The zero-order valence-corrected chi connectivity index (χ0v) is 7.82. The van der Waals surface area contributed by atoms with Crippen LogP contribution in [0.15, 0.2) is 0 Å². The highest BCUT2D eigenvalue weighted by atomic mass is 32.2. The zero-order valence-electron chi connectivity index (χ0n) is 7.00. The lowest BCUT2D eigenvalue weighted by molar-refractivity contribution is -0.142. The van der Waals surface area contributed by atoms with E-state index in [-0.39, 0.29) is 11.8 Å². The van der Waals surface area contributed by atoms with Gasteiger partial charge in [-0.2, -0.15) is 0 Å². The van der Waals surface area contributed by atoms with Crippen LogP contribution in [0.5, 0.6) is 0 Å². The van der Waals surface area contributed by atoms with E-state index in [1.54, 1.807) is 7.05 Å². The maximum Gasteiger partial charge on any atom is 0.239 e. The van der Waals surface area contributed by atoms with Crippen LogP contribution < -0.4 is 5.32 Å². The summed E-state index contributed by atoms with van der Waals surface area (Å²) in [7, 11) is 1.80. The number of hydrogen-bond acceptors (Lipinski definition) is 4. The van der Waals surface area contributed by atoms with Gasteiger partial charge in [-0.25, -0.2) is 0 Å². The Bertz CT molecular complexity index is 180. The second-order valence-electron chi connectivity index (χ2n) is 2.54. The van der Waals surface area contributed by atoms with Crippen molar-refractivity contribution >= 4 is 23.6 Å². The lowest BCUT2D eigenvalue weighted by atomic mass is 10.4. The lowest BCUT2D eigenvalue weighted by Crippen LogP contribution is -2.45. The molecule has 12 heavy (non-hydrogen) atoms. The Morgan fingerprint density at radius 3 is 2.50 bits per heavy atom. The Morgan fingerprint density at radius 1 is 1.42 bits per heavy atom. The fourth-order valence-electron chi connectivity index (χ4n) is 0.994. The summed E-state index contributed by atoms with van der Waals surface area (Å²) < 4.78 is 0. The Kier molecular flexibility index (Phi) is 3.55. The van der Waals surface area contributed by atoms with Crippen LogP contribution in [-0.2, 0) is 9.59 Å². The number of imide groups is 1. The van der Waals surface area contributed by atoms with Crippen LogP contribution in [0.1, 0.15) is 0 Å². The van der Waals surface area contributed by atoms with Crippen molar-refractivity contribution in [1.82, 2.24) is 10.2 Å². The molecule has 0 saturated carbocycles. The van der Waals surface area contributed by atoms with Gasteiger partial charge in [0.1, 0.15) is 0 Å². The number of amides is 2. The van der Waals surface area contributed by atoms with Gasteiger partial charge in [0.05, 0.1) is 11.5 Å². The van der Waals surface area contributed by atoms with E-state index in [1.165, 1.54) is 16.7 Å². The number of hydrogen-bond donors (Lipinski definition) is 1. The van der Waals surface area contributed by atoms with Gasteiger partial charge < -0.3 is 5.32 Å². The molecule has 0 aromatic carbocycles. The molecule has 1 aliphatic heterocycles. The summed E-state index contributed by atoms with van der Waals surface area (Å²) in [6.07, 6.45) is 0. The van der Waals surface area contributed by atoms with Gasteiger partial charge >= 0.3 is 0 Å². The second-order valence-corrected chi connectivity index (χ2v) is 3.52. The summed E-state index contributed by atoms with van der Waals surface area (Å²) in [5.74, 6) is 0.753. The summed E-state index contributed by atoms with van der Waals surface area (Å²) in [6, 6.07) is 0. The predicted molar refractivity (Wildman–Crippen MR) is 48.0 cm³/mol. The maximum atomic E-state index is 11.2. The third kappa shape index (κ3) is 2.22. The largest absolute Gasteiger partial charge is 0.318 e.